The topological polar surface area (TPSA) is 49.9 Å². The van der Waals surface area contributed by atoms with E-state index in [-0.39, 0.29) is 4.90 Å². The molecule has 1 saturated heterocycles. The third-order valence-electron chi connectivity index (χ3n) is 4.35. The summed E-state index contributed by atoms with van der Waals surface area (Å²) in [6, 6.07) is 14.8. The first-order chi connectivity index (χ1) is 12.5. The van der Waals surface area contributed by atoms with Gasteiger partial charge in [0.25, 0.3) is 0 Å². The molecule has 2 aromatic rings. The van der Waals surface area contributed by atoms with E-state index >= 15 is 0 Å². The molecular formula is C19H23ClN2O3S. The van der Waals surface area contributed by atoms with E-state index < -0.39 is 10.0 Å². The van der Waals surface area contributed by atoms with E-state index in [9.17, 15) is 8.42 Å². The van der Waals surface area contributed by atoms with E-state index in [4.69, 9.17) is 16.3 Å². The molecule has 0 bridgehead atoms. The van der Waals surface area contributed by atoms with Crippen molar-refractivity contribution in [2.75, 3.05) is 37.7 Å². The summed E-state index contributed by atoms with van der Waals surface area (Å²) in [6.07, 6.45) is 0.803. The summed E-state index contributed by atoms with van der Waals surface area (Å²) in [5.41, 5.74) is 1.11. The summed E-state index contributed by atoms with van der Waals surface area (Å²) < 4.78 is 33.4. The molecule has 0 amide bonds. The molecule has 0 unspecified atom stereocenters. The normalized spacial score (nSPS) is 15.8. The highest BCUT2D eigenvalue weighted by atomic mass is 35.5. The van der Waals surface area contributed by atoms with Crippen LogP contribution < -0.4 is 9.64 Å². The molecule has 0 spiro atoms. The van der Waals surface area contributed by atoms with Gasteiger partial charge in [-0.05, 0) is 36.8 Å². The summed E-state index contributed by atoms with van der Waals surface area (Å²) in [4.78, 5) is 2.34. The molecule has 1 heterocycles. The van der Waals surface area contributed by atoms with Gasteiger partial charge in [0.1, 0.15) is 10.6 Å². The Kier molecular flexibility index (Phi) is 6.06. The molecule has 5 nitrogen and oxygen atoms in total. The molecule has 3 rings (SSSR count). The number of halogens is 1. The largest absolute Gasteiger partial charge is 0.492 e. The summed E-state index contributed by atoms with van der Waals surface area (Å²) >= 11 is 6.05. The van der Waals surface area contributed by atoms with Crippen molar-refractivity contribution < 1.29 is 13.2 Å². The van der Waals surface area contributed by atoms with E-state index in [0.29, 0.717) is 43.6 Å². The zero-order valence-electron chi connectivity index (χ0n) is 14.8. The zero-order chi connectivity index (χ0) is 18.6. The van der Waals surface area contributed by atoms with Gasteiger partial charge < -0.3 is 9.64 Å². The highest BCUT2D eigenvalue weighted by molar-refractivity contribution is 7.89. The second-order valence-electron chi connectivity index (χ2n) is 6.17. The lowest BCUT2D eigenvalue weighted by Gasteiger charge is -2.35. The fourth-order valence-electron chi connectivity index (χ4n) is 2.98. The van der Waals surface area contributed by atoms with E-state index in [0.717, 1.165) is 12.1 Å². The first-order valence-corrected chi connectivity index (χ1v) is 10.6. The summed E-state index contributed by atoms with van der Waals surface area (Å²) in [5, 5.41) is 0.385. The van der Waals surface area contributed by atoms with Crippen LogP contribution in [0.5, 0.6) is 5.75 Å². The van der Waals surface area contributed by atoms with E-state index in [1.54, 1.807) is 12.1 Å². The van der Waals surface area contributed by atoms with Crippen molar-refractivity contribution in [2.45, 2.75) is 18.2 Å². The van der Waals surface area contributed by atoms with E-state index in [1.807, 2.05) is 37.3 Å². The number of benzene rings is 2. The SMILES string of the molecule is CCCOc1ccc(Cl)cc1S(=O)(=O)N1CCN(c2ccccc2)CC1. The molecule has 2 aromatic carbocycles. The second-order valence-corrected chi connectivity index (χ2v) is 8.51. The fraction of sp³-hybridized carbons (Fsp3) is 0.368. The Labute approximate surface area is 160 Å². The maximum absolute atomic E-state index is 13.1. The van der Waals surface area contributed by atoms with Crippen LogP contribution in [0.2, 0.25) is 5.02 Å². The maximum Gasteiger partial charge on any atom is 0.246 e. The maximum atomic E-state index is 13.1. The van der Waals surface area contributed by atoms with Crippen LogP contribution in [-0.4, -0.2) is 45.5 Å². The molecule has 140 valence electrons. The first kappa shape index (κ1) is 19.0. The van der Waals surface area contributed by atoms with Crippen molar-refractivity contribution >= 4 is 27.3 Å². The molecule has 26 heavy (non-hydrogen) atoms. The minimum absolute atomic E-state index is 0.145. The number of piperazine rings is 1. The highest BCUT2D eigenvalue weighted by Crippen LogP contribution is 2.31. The summed E-state index contributed by atoms with van der Waals surface area (Å²) in [5.74, 6) is 0.363. The minimum Gasteiger partial charge on any atom is -0.492 e. The van der Waals surface area contributed by atoms with Crippen LogP contribution >= 0.6 is 11.6 Å². The molecule has 0 atom stereocenters. The predicted molar refractivity (Wildman–Crippen MR) is 105 cm³/mol. The van der Waals surface area contributed by atoms with Gasteiger partial charge in [0.15, 0.2) is 0 Å². The minimum atomic E-state index is -3.65. The molecule has 1 fully saturated rings. The van der Waals surface area contributed by atoms with Gasteiger partial charge in [-0.3, -0.25) is 0 Å². The van der Waals surface area contributed by atoms with Gasteiger partial charge in [0.2, 0.25) is 10.0 Å². The van der Waals surface area contributed by atoms with Gasteiger partial charge in [0, 0.05) is 36.9 Å². The molecule has 1 aliphatic heterocycles. The van der Waals surface area contributed by atoms with E-state index in [1.165, 1.54) is 10.4 Å². The average Bonchev–Trinajstić information content (AvgIpc) is 2.68. The number of rotatable bonds is 6. The van der Waals surface area contributed by atoms with Gasteiger partial charge in [-0.2, -0.15) is 4.31 Å². The first-order valence-electron chi connectivity index (χ1n) is 8.75. The van der Waals surface area contributed by atoms with Gasteiger partial charge in [-0.15, -0.1) is 0 Å². The van der Waals surface area contributed by atoms with Crippen LogP contribution in [0.1, 0.15) is 13.3 Å². The van der Waals surface area contributed by atoms with Crippen molar-refractivity contribution in [3.05, 3.63) is 53.6 Å². The Balaban J connectivity index is 1.78. The molecular weight excluding hydrogens is 372 g/mol. The van der Waals surface area contributed by atoms with Crippen LogP contribution in [0.25, 0.3) is 0 Å². The average molecular weight is 395 g/mol. The van der Waals surface area contributed by atoms with Crippen LogP contribution in [0, 0.1) is 0 Å². The van der Waals surface area contributed by atoms with Gasteiger partial charge in [0.05, 0.1) is 6.61 Å². The Morgan fingerprint density at radius 2 is 1.73 bits per heavy atom. The van der Waals surface area contributed by atoms with Crippen molar-refractivity contribution in [1.82, 2.24) is 4.31 Å². The Morgan fingerprint density at radius 1 is 1.04 bits per heavy atom. The number of hydrogen-bond acceptors (Lipinski definition) is 4. The smallest absolute Gasteiger partial charge is 0.246 e. The number of sulfonamides is 1. The lowest BCUT2D eigenvalue weighted by atomic mass is 10.2. The number of para-hydroxylation sites is 1. The molecule has 7 heteroatoms. The third kappa shape index (κ3) is 4.14. The van der Waals surface area contributed by atoms with E-state index in [2.05, 4.69) is 4.90 Å². The Hall–Kier alpha value is -1.76. The van der Waals surface area contributed by atoms with Crippen LogP contribution in [0.3, 0.4) is 0 Å². The lowest BCUT2D eigenvalue weighted by molar-refractivity contribution is 0.307. The number of nitrogens with zero attached hydrogens (tertiary/aromatic N) is 2. The molecule has 1 aliphatic rings. The highest BCUT2D eigenvalue weighted by Gasteiger charge is 2.31. The molecule has 0 N–H and O–H groups in total. The zero-order valence-corrected chi connectivity index (χ0v) is 16.3. The summed E-state index contributed by atoms with van der Waals surface area (Å²) in [6.45, 7) is 4.59. The molecule has 0 aliphatic carbocycles. The Bertz CT molecular complexity index is 835. The third-order valence-corrected chi connectivity index (χ3v) is 6.50. The van der Waals surface area contributed by atoms with Crippen LogP contribution in [0.4, 0.5) is 5.69 Å². The number of anilines is 1. The van der Waals surface area contributed by atoms with Gasteiger partial charge >= 0.3 is 0 Å². The van der Waals surface area contributed by atoms with Gasteiger partial charge in [-0.25, -0.2) is 8.42 Å². The molecule has 0 radical (unpaired) electrons. The van der Waals surface area contributed by atoms with Gasteiger partial charge in [-0.1, -0.05) is 36.7 Å². The number of hydrogen-bond donors (Lipinski definition) is 0. The van der Waals surface area contributed by atoms with Crippen molar-refractivity contribution in [1.29, 1.82) is 0 Å². The molecule has 0 aromatic heterocycles. The van der Waals surface area contributed by atoms with Crippen LogP contribution in [0.15, 0.2) is 53.4 Å². The van der Waals surface area contributed by atoms with Crippen LogP contribution in [-0.2, 0) is 10.0 Å². The predicted octanol–water partition coefficient (Wildman–Crippen LogP) is 3.64. The monoisotopic (exact) mass is 394 g/mol. The number of ether oxygens (including phenoxy) is 1. The fourth-order valence-corrected chi connectivity index (χ4v) is 4.80. The van der Waals surface area contributed by atoms with Crippen molar-refractivity contribution in [2.24, 2.45) is 0 Å². The van der Waals surface area contributed by atoms with Crippen molar-refractivity contribution in [3.8, 4) is 5.75 Å². The quantitative estimate of drug-likeness (QED) is 0.750. The summed E-state index contributed by atoms with van der Waals surface area (Å²) in [7, 11) is -3.65. The van der Waals surface area contributed by atoms with Crippen molar-refractivity contribution in [3.63, 3.8) is 0 Å². The lowest BCUT2D eigenvalue weighted by Crippen LogP contribution is -2.48. The molecule has 0 saturated carbocycles. The Morgan fingerprint density at radius 3 is 2.38 bits per heavy atom. The standard InChI is InChI=1S/C19H23ClN2O3S/c1-2-14-25-18-9-8-16(20)15-19(18)26(23,24)22-12-10-21(11-13-22)17-6-4-3-5-7-17/h3-9,15H,2,10-14H2,1H3. The second kappa shape index (κ2) is 8.29.